The van der Waals surface area contributed by atoms with Crippen molar-refractivity contribution in [3.05, 3.63) is 30.1 Å². The minimum absolute atomic E-state index is 0.179. The van der Waals surface area contributed by atoms with Gasteiger partial charge in [-0.3, -0.25) is 4.90 Å². The van der Waals surface area contributed by atoms with Gasteiger partial charge in [0, 0.05) is 12.0 Å². The predicted molar refractivity (Wildman–Crippen MR) is 90.0 cm³/mol. The Morgan fingerprint density at radius 3 is 2.64 bits per heavy atom. The lowest BCUT2D eigenvalue weighted by atomic mass is 9.84. The van der Waals surface area contributed by atoms with Crippen LogP contribution in [-0.4, -0.2) is 45.1 Å². The van der Waals surface area contributed by atoms with Gasteiger partial charge in [-0.05, 0) is 63.0 Å². The fraction of sp³-hybridized carbons (Fsp3) is 0.588. The highest BCUT2D eigenvalue weighted by atomic mass is 32.2. The SMILES string of the molecule is O=C(NS(=O)(=O)c1ccc(F)cc1)OCC1CCCN2CCCCC12. The van der Waals surface area contributed by atoms with Gasteiger partial charge in [-0.25, -0.2) is 22.3 Å². The highest BCUT2D eigenvalue weighted by Crippen LogP contribution is 2.31. The Bertz CT molecular complexity index is 706. The van der Waals surface area contributed by atoms with Gasteiger partial charge < -0.3 is 4.74 Å². The molecule has 8 heteroatoms. The van der Waals surface area contributed by atoms with Gasteiger partial charge in [0.15, 0.2) is 0 Å². The van der Waals surface area contributed by atoms with Gasteiger partial charge >= 0.3 is 6.09 Å². The number of benzene rings is 1. The predicted octanol–water partition coefficient (Wildman–Crippen LogP) is 2.51. The van der Waals surface area contributed by atoms with Gasteiger partial charge in [-0.2, -0.15) is 0 Å². The van der Waals surface area contributed by atoms with E-state index in [2.05, 4.69) is 4.90 Å². The Morgan fingerprint density at radius 1 is 1.16 bits per heavy atom. The quantitative estimate of drug-likeness (QED) is 0.881. The molecule has 2 aliphatic rings. The third-order valence-corrected chi connectivity index (χ3v) is 6.33. The maximum absolute atomic E-state index is 12.9. The van der Waals surface area contributed by atoms with E-state index in [0.717, 1.165) is 56.6 Å². The van der Waals surface area contributed by atoms with E-state index in [1.54, 1.807) is 0 Å². The Labute approximate surface area is 147 Å². The van der Waals surface area contributed by atoms with Gasteiger partial charge in [0.2, 0.25) is 0 Å². The summed E-state index contributed by atoms with van der Waals surface area (Å²) in [6.45, 7) is 2.39. The Balaban J connectivity index is 1.54. The molecule has 3 rings (SSSR count). The van der Waals surface area contributed by atoms with Crippen LogP contribution in [-0.2, 0) is 14.8 Å². The Kier molecular flexibility index (Phi) is 5.58. The average Bonchev–Trinajstić information content (AvgIpc) is 2.60. The van der Waals surface area contributed by atoms with Crippen LogP contribution in [0.3, 0.4) is 0 Å². The van der Waals surface area contributed by atoms with E-state index in [1.165, 1.54) is 12.8 Å². The molecular formula is C17H23FN2O4S. The number of fused-ring (bicyclic) bond motifs is 1. The molecule has 1 amide bonds. The number of rotatable bonds is 4. The molecule has 0 aliphatic carbocycles. The van der Waals surface area contributed by atoms with Crippen molar-refractivity contribution in [1.29, 1.82) is 0 Å². The molecule has 2 fully saturated rings. The van der Waals surface area contributed by atoms with Crippen molar-refractivity contribution in [2.75, 3.05) is 19.7 Å². The van der Waals surface area contributed by atoms with Gasteiger partial charge in [0.25, 0.3) is 10.0 Å². The molecule has 0 saturated carbocycles. The monoisotopic (exact) mass is 370 g/mol. The molecule has 25 heavy (non-hydrogen) atoms. The van der Waals surface area contributed by atoms with Crippen LogP contribution in [0.15, 0.2) is 29.2 Å². The van der Waals surface area contributed by atoms with Crippen LogP contribution in [0, 0.1) is 11.7 Å². The van der Waals surface area contributed by atoms with Crippen LogP contribution in [0.25, 0.3) is 0 Å². The van der Waals surface area contributed by atoms with E-state index < -0.39 is 21.9 Å². The molecule has 6 nitrogen and oxygen atoms in total. The number of amides is 1. The third kappa shape index (κ3) is 4.49. The minimum atomic E-state index is -4.05. The van der Waals surface area contributed by atoms with Crippen molar-refractivity contribution in [3.8, 4) is 0 Å². The number of hydrogen-bond acceptors (Lipinski definition) is 5. The first kappa shape index (κ1) is 18.1. The molecule has 2 aliphatic heterocycles. The molecule has 0 radical (unpaired) electrons. The smallest absolute Gasteiger partial charge is 0.421 e. The van der Waals surface area contributed by atoms with E-state index in [4.69, 9.17) is 4.74 Å². The van der Waals surface area contributed by atoms with E-state index in [9.17, 15) is 17.6 Å². The van der Waals surface area contributed by atoms with Gasteiger partial charge in [-0.15, -0.1) is 0 Å². The average molecular weight is 370 g/mol. The van der Waals surface area contributed by atoms with E-state index in [0.29, 0.717) is 6.04 Å². The van der Waals surface area contributed by atoms with Gasteiger partial charge in [0.05, 0.1) is 11.5 Å². The number of piperidine rings is 2. The van der Waals surface area contributed by atoms with Crippen molar-refractivity contribution in [2.45, 2.75) is 43.0 Å². The number of nitrogens with one attached hydrogen (secondary N) is 1. The topological polar surface area (TPSA) is 75.7 Å². The summed E-state index contributed by atoms with van der Waals surface area (Å²) in [6.07, 6.45) is 4.56. The maximum atomic E-state index is 12.9. The lowest BCUT2D eigenvalue weighted by Crippen LogP contribution is -2.49. The molecule has 1 aromatic carbocycles. The first-order valence-corrected chi connectivity index (χ1v) is 10.1. The molecule has 2 saturated heterocycles. The zero-order chi connectivity index (χ0) is 17.9. The van der Waals surface area contributed by atoms with Crippen LogP contribution in [0.4, 0.5) is 9.18 Å². The number of hydrogen-bond donors (Lipinski definition) is 1. The number of sulfonamides is 1. The Hall–Kier alpha value is -1.67. The minimum Gasteiger partial charge on any atom is -0.448 e. The molecule has 0 spiro atoms. The number of halogens is 1. The molecule has 0 bridgehead atoms. The highest BCUT2D eigenvalue weighted by Gasteiger charge is 2.33. The normalized spacial score (nSPS) is 24.4. The second-order valence-corrected chi connectivity index (χ2v) is 8.34. The molecule has 2 atom stereocenters. The fourth-order valence-corrected chi connectivity index (χ4v) is 4.66. The van der Waals surface area contributed by atoms with Crippen LogP contribution >= 0.6 is 0 Å². The molecule has 2 heterocycles. The molecule has 1 aromatic rings. The fourth-order valence-electron chi connectivity index (χ4n) is 3.77. The first-order chi connectivity index (χ1) is 12.0. The van der Waals surface area contributed by atoms with Crippen molar-refractivity contribution in [1.82, 2.24) is 9.62 Å². The zero-order valence-electron chi connectivity index (χ0n) is 14.0. The molecule has 2 unspecified atom stereocenters. The summed E-state index contributed by atoms with van der Waals surface area (Å²) in [4.78, 5) is 14.2. The Morgan fingerprint density at radius 2 is 1.88 bits per heavy atom. The summed E-state index contributed by atoms with van der Waals surface area (Å²) in [6, 6.07) is 4.68. The highest BCUT2D eigenvalue weighted by molar-refractivity contribution is 7.90. The van der Waals surface area contributed by atoms with Gasteiger partial charge in [-0.1, -0.05) is 6.42 Å². The van der Waals surface area contributed by atoms with E-state index in [-0.39, 0.29) is 17.4 Å². The maximum Gasteiger partial charge on any atom is 0.421 e. The summed E-state index contributed by atoms with van der Waals surface area (Å²) < 4.78 is 44.1. The number of ether oxygens (including phenoxy) is 1. The van der Waals surface area contributed by atoms with Crippen molar-refractivity contribution < 1.29 is 22.3 Å². The molecule has 138 valence electrons. The summed E-state index contributed by atoms with van der Waals surface area (Å²) in [5, 5.41) is 0. The molecular weight excluding hydrogens is 347 g/mol. The van der Waals surface area contributed by atoms with Gasteiger partial charge in [0.1, 0.15) is 5.82 Å². The second-order valence-electron chi connectivity index (χ2n) is 6.66. The lowest BCUT2D eigenvalue weighted by Gasteiger charge is -2.44. The van der Waals surface area contributed by atoms with E-state index in [1.807, 2.05) is 4.72 Å². The number of carbonyl (C=O) groups excluding carboxylic acids is 1. The van der Waals surface area contributed by atoms with Crippen LogP contribution in [0.2, 0.25) is 0 Å². The molecule has 1 N–H and O–H groups in total. The van der Waals surface area contributed by atoms with Crippen molar-refractivity contribution in [3.63, 3.8) is 0 Å². The zero-order valence-corrected chi connectivity index (χ0v) is 14.8. The number of nitrogens with zero attached hydrogens (tertiary/aromatic N) is 1. The third-order valence-electron chi connectivity index (χ3n) is 5.00. The number of carbonyl (C=O) groups is 1. The summed E-state index contributed by atoms with van der Waals surface area (Å²) >= 11 is 0. The van der Waals surface area contributed by atoms with Crippen LogP contribution in [0.1, 0.15) is 32.1 Å². The second kappa shape index (κ2) is 7.70. The summed E-state index contributed by atoms with van der Waals surface area (Å²) in [5.74, 6) is -0.302. The van der Waals surface area contributed by atoms with Crippen LogP contribution < -0.4 is 4.72 Å². The molecule has 0 aromatic heterocycles. The lowest BCUT2D eigenvalue weighted by molar-refractivity contribution is 0.0245. The first-order valence-electron chi connectivity index (χ1n) is 8.65. The summed E-state index contributed by atoms with van der Waals surface area (Å²) in [5.41, 5.74) is 0. The summed E-state index contributed by atoms with van der Waals surface area (Å²) in [7, 11) is -4.05. The van der Waals surface area contributed by atoms with Crippen molar-refractivity contribution in [2.24, 2.45) is 5.92 Å². The largest absolute Gasteiger partial charge is 0.448 e. The van der Waals surface area contributed by atoms with Crippen LogP contribution in [0.5, 0.6) is 0 Å². The van der Waals surface area contributed by atoms with Crippen molar-refractivity contribution >= 4 is 16.1 Å². The standard InChI is InChI=1S/C17H23FN2O4S/c18-14-6-8-15(9-7-14)25(22,23)19-17(21)24-12-13-4-3-11-20-10-2-1-5-16(13)20/h6-9,13,16H,1-5,10-12H2,(H,19,21). The van der Waals surface area contributed by atoms with E-state index >= 15 is 0 Å².